The summed E-state index contributed by atoms with van der Waals surface area (Å²) in [5.41, 5.74) is 2.95. The fraction of sp³-hybridized carbons (Fsp3) is 0.192. The van der Waals surface area contributed by atoms with Crippen LogP contribution in [-0.4, -0.2) is 35.9 Å². The first-order chi connectivity index (χ1) is 16.0. The summed E-state index contributed by atoms with van der Waals surface area (Å²) in [5.74, 6) is -0.181. The van der Waals surface area contributed by atoms with Crippen molar-refractivity contribution in [2.24, 2.45) is 0 Å². The number of carbonyl (C=O) groups is 1. The normalized spacial score (nSPS) is 23.0. The molecule has 1 fully saturated rings. The maximum Gasteiger partial charge on any atom is 0.245 e. The Morgan fingerprint density at radius 3 is 2.39 bits per heavy atom. The Hall–Kier alpha value is -3.64. The van der Waals surface area contributed by atoms with Crippen molar-refractivity contribution in [2.45, 2.75) is 24.0 Å². The van der Waals surface area contributed by atoms with Crippen molar-refractivity contribution in [3.8, 4) is 5.75 Å². The number of benzene rings is 3. The maximum absolute atomic E-state index is 13.9. The quantitative estimate of drug-likeness (QED) is 0.295. The second kappa shape index (κ2) is 8.37. The molecule has 166 valence electrons. The summed E-state index contributed by atoms with van der Waals surface area (Å²) >= 11 is 6.04. The predicted octanol–water partition coefficient (Wildman–Crippen LogP) is 5.24. The molecule has 2 heterocycles. The smallest absolute Gasteiger partial charge is 0.245 e. The Labute approximate surface area is 196 Å². The van der Waals surface area contributed by atoms with Crippen LogP contribution < -0.4 is 9.64 Å². The summed E-state index contributed by atoms with van der Waals surface area (Å²) < 4.78 is 5.27. The van der Waals surface area contributed by atoms with Crippen molar-refractivity contribution in [1.82, 2.24) is 0 Å². The molecule has 0 amide bonds. The lowest BCUT2D eigenvalue weighted by Crippen LogP contribution is -2.44. The summed E-state index contributed by atoms with van der Waals surface area (Å²) in [6.07, 6.45) is 3.76. The molecule has 0 radical (unpaired) electrons. The molecule has 4 unspecified atom stereocenters. The van der Waals surface area contributed by atoms with E-state index in [1.54, 1.807) is 43.5 Å². The van der Waals surface area contributed by atoms with Crippen molar-refractivity contribution in [3.05, 3.63) is 111 Å². The van der Waals surface area contributed by atoms with Gasteiger partial charge in [-0.1, -0.05) is 54.1 Å². The number of halogens is 1. The Morgan fingerprint density at radius 1 is 1.03 bits per heavy atom. The topological polar surface area (TPSA) is 72.7 Å². The van der Waals surface area contributed by atoms with Crippen LogP contribution in [0.25, 0.3) is 6.08 Å². The minimum absolute atomic E-state index is 0.174. The van der Waals surface area contributed by atoms with E-state index in [9.17, 15) is 14.9 Å². The fourth-order valence-electron chi connectivity index (χ4n) is 5.04. The first-order valence-corrected chi connectivity index (χ1v) is 11.0. The number of para-hydroxylation sites is 1. The number of nitrogens with zero attached hydrogens (tertiary/aromatic N) is 2. The molecule has 6 nitrogen and oxygen atoms in total. The largest absolute Gasteiger partial charge is 0.497 e. The van der Waals surface area contributed by atoms with E-state index >= 15 is 0 Å². The van der Waals surface area contributed by atoms with E-state index < -0.39 is 24.0 Å². The van der Waals surface area contributed by atoms with Gasteiger partial charge < -0.3 is 9.64 Å². The highest BCUT2D eigenvalue weighted by Gasteiger charge is 2.58. The maximum atomic E-state index is 13.9. The summed E-state index contributed by atoms with van der Waals surface area (Å²) in [7, 11) is 1.57. The van der Waals surface area contributed by atoms with Gasteiger partial charge in [0.05, 0.1) is 13.0 Å². The van der Waals surface area contributed by atoms with Crippen molar-refractivity contribution in [3.63, 3.8) is 0 Å². The number of ketones is 1. The monoisotopic (exact) mass is 460 g/mol. The van der Waals surface area contributed by atoms with E-state index in [0.29, 0.717) is 16.3 Å². The molecule has 0 aromatic heterocycles. The van der Waals surface area contributed by atoms with Gasteiger partial charge in [-0.05, 0) is 53.6 Å². The van der Waals surface area contributed by atoms with Crippen LogP contribution in [0.2, 0.25) is 5.02 Å². The van der Waals surface area contributed by atoms with Crippen LogP contribution in [0.3, 0.4) is 0 Å². The van der Waals surface area contributed by atoms with Gasteiger partial charge in [-0.2, -0.15) is 0 Å². The minimum Gasteiger partial charge on any atom is -0.497 e. The van der Waals surface area contributed by atoms with Crippen LogP contribution in [0.15, 0.2) is 78.9 Å². The molecule has 0 saturated carbocycles. The SMILES string of the molecule is COc1ccc(C2C(C(=O)c3ccc(Cl)cc3)N3c4ccccc4C=CC3C2[N+](=O)[O-])cc1. The summed E-state index contributed by atoms with van der Waals surface area (Å²) in [4.78, 5) is 28.0. The zero-order valence-corrected chi connectivity index (χ0v) is 18.6. The Morgan fingerprint density at radius 2 is 1.73 bits per heavy atom. The van der Waals surface area contributed by atoms with E-state index in [4.69, 9.17) is 16.3 Å². The lowest BCUT2D eigenvalue weighted by atomic mass is 9.83. The van der Waals surface area contributed by atoms with Crippen LogP contribution in [0, 0.1) is 10.1 Å². The lowest BCUT2D eigenvalue weighted by molar-refractivity contribution is -0.524. The third-order valence-corrected chi connectivity index (χ3v) is 6.76. The molecule has 3 aromatic rings. The van der Waals surface area contributed by atoms with Crippen LogP contribution >= 0.6 is 11.6 Å². The number of methoxy groups -OCH3 is 1. The molecular formula is C26H21ClN2O4. The lowest BCUT2D eigenvalue weighted by Gasteiger charge is -2.34. The van der Waals surface area contributed by atoms with Gasteiger partial charge in [-0.25, -0.2) is 0 Å². The molecule has 33 heavy (non-hydrogen) atoms. The molecule has 0 aliphatic carbocycles. The number of Topliss-reactive ketones (excluding diaryl/α,β-unsaturated/α-hetero) is 1. The van der Waals surface area contributed by atoms with Crippen LogP contribution in [-0.2, 0) is 0 Å². The van der Waals surface area contributed by atoms with Gasteiger partial charge in [0.15, 0.2) is 5.78 Å². The molecule has 2 aliphatic heterocycles. The molecule has 5 rings (SSSR count). The average molecular weight is 461 g/mol. The van der Waals surface area contributed by atoms with E-state index in [-0.39, 0.29) is 10.7 Å². The van der Waals surface area contributed by atoms with E-state index in [0.717, 1.165) is 16.8 Å². The van der Waals surface area contributed by atoms with Gasteiger partial charge >= 0.3 is 0 Å². The number of ether oxygens (including phenoxy) is 1. The van der Waals surface area contributed by atoms with Crippen molar-refractivity contribution >= 4 is 29.1 Å². The molecule has 2 aliphatic rings. The van der Waals surface area contributed by atoms with E-state index in [1.165, 1.54) is 0 Å². The van der Waals surface area contributed by atoms with Gasteiger partial charge in [-0.3, -0.25) is 14.9 Å². The molecule has 1 saturated heterocycles. The number of anilines is 1. The second-order valence-corrected chi connectivity index (χ2v) is 8.64. The highest BCUT2D eigenvalue weighted by atomic mass is 35.5. The van der Waals surface area contributed by atoms with Gasteiger partial charge in [0.1, 0.15) is 17.8 Å². The standard InChI is InChI=1S/C26H21ClN2O4/c1-33-20-13-8-17(9-14-20)23-24(29(31)32)22-15-10-16-4-2-3-5-21(16)28(22)25(23)26(30)18-6-11-19(27)12-7-18/h2-15,22-25H,1H3. The number of nitro groups is 1. The van der Waals surface area contributed by atoms with E-state index in [1.807, 2.05) is 53.5 Å². The first kappa shape index (κ1) is 21.2. The second-order valence-electron chi connectivity index (χ2n) is 8.21. The Bertz CT molecular complexity index is 1240. The number of hydrogen-bond donors (Lipinski definition) is 0. The predicted molar refractivity (Wildman–Crippen MR) is 128 cm³/mol. The highest BCUT2D eigenvalue weighted by Crippen LogP contribution is 2.47. The molecule has 0 N–H and O–H groups in total. The molecule has 3 aromatic carbocycles. The van der Waals surface area contributed by atoms with Crippen LogP contribution in [0.5, 0.6) is 5.75 Å². The summed E-state index contributed by atoms with van der Waals surface area (Å²) in [6, 6.07) is 19.2. The summed E-state index contributed by atoms with van der Waals surface area (Å²) in [6.45, 7) is 0. The number of fused-ring (bicyclic) bond motifs is 3. The average Bonchev–Trinajstić information content (AvgIpc) is 3.20. The van der Waals surface area contributed by atoms with Crippen molar-refractivity contribution in [1.29, 1.82) is 0 Å². The summed E-state index contributed by atoms with van der Waals surface area (Å²) in [5, 5.41) is 12.9. The number of hydrogen-bond acceptors (Lipinski definition) is 5. The molecule has 0 spiro atoms. The Balaban J connectivity index is 1.70. The molecule has 4 atom stereocenters. The third kappa shape index (κ3) is 3.56. The van der Waals surface area contributed by atoms with Crippen molar-refractivity contribution in [2.75, 3.05) is 12.0 Å². The fourth-order valence-corrected chi connectivity index (χ4v) is 5.17. The zero-order chi connectivity index (χ0) is 23.1. The molecule has 7 heteroatoms. The number of rotatable bonds is 5. The highest BCUT2D eigenvalue weighted by molar-refractivity contribution is 6.30. The van der Waals surface area contributed by atoms with Crippen LogP contribution in [0.1, 0.15) is 27.4 Å². The Kier molecular flexibility index (Phi) is 5.38. The van der Waals surface area contributed by atoms with Gasteiger partial charge in [0.2, 0.25) is 6.04 Å². The minimum atomic E-state index is -0.996. The number of carbonyl (C=O) groups excluding carboxylic acids is 1. The van der Waals surface area contributed by atoms with Crippen LogP contribution in [0.4, 0.5) is 5.69 Å². The molecule has 0 bridgehead atoms. The van der Waals surface area contributed by atoms with Crippen molar-refractivity contribution < 1.29 is 14.5 Å². The zero-order valence-electron chi connectivity index (χ0n) is 17.8. The third-order valence-electron chi connectivity index (χ3n) is 6.51. The van der Waals surface area contributed by atoms with Gasteiger partial charge in [0.25, 0.3) is 0 Å². The molecular weight excluding hydrogens is 440 g/mol. The van der Waals surface area contributed by atoms with E-state index in [2.05, 4.69) is 0 Å². The first-order valence-electron chi connectivity index (χ1n) is 10.6. The van der Waals surface area contributed by atoms with Gasteiger partial charge in [0, 0.05) is 21.2 Å². The van der Waals surface area contributed by atoms with Gasteiger partial charge in [-0.15, -0.1) is 0 Å².